The number of anilines is 2. The third-order valence-electron chi connectivity index (χ3n) is 5.48. The van der Waals surface area contributed by atoms with Gasteiger partial charge in [0.05, 0.1) is 21.2 Å². The predicted molar refractivity (Wildman–Crippen MR) is 119 cm³/mol. The first-order valence-electron chi connectivity index (χ1n) is 9.48. The number of benzene rings is 2. The number of aromatic nitrogens is 2. The number of nitrogens with zero attached hydrogens (tertiary/aromatic N) is 2. The van der Waals surface area contributed by atoms with E-state index in [1.165, 1.54) is 22.4 Å². The highest BCUT2D eigenvalue weighted by Gasteiger charge is 2.41. The first-order chi connectivity index (χ1) is 13.8. The smallest absolute Gasteiger partial charge is 0.0858 e. The normalized spacial score (nSPS) is 15.2. The zero-order valence-corrected chi connectivity index (χ0v) is 17.0. The van der Waals surface area contributed by atoms with Gasteiger partial charge in [-0.15, -0.1) is 23.1 Å². The Morgan fingerprint density at radius 2 is 2.07 bits per heavy atom. The molecule has 1 saturated carbocycles. The van der Waals surface area contributed by atoms with Crippen LogP contribution in [0.4, 0.5) is 11.4 Å². The summed E-state index contributed by atoms with van der Waals surface area (Å²) in [4.78, 5) is 10.3. The van der Waals surface area contributed by atoms with Crippen molar-refractivity contribution in [3.8, 4) is 0 Å². The summed E-state index contributed by atoms with van der Waals surface area (Å²) in [6, 6.07) is 14.7. The Bertz CT molecular complexity index is 1140. The molecule has 1 aliphatic rings. The molecule has 1 aliphatic carbocycles. The summed E-state index contributed by atoms with van der Waals surface area (Å²) in [5.74, 6) is 1.05. The predicted octanol–water partition coefficient (Wildman–Crippen LogP) is 5.84. The van der Waals surface area contributed by atoms with Gasteiger partial charge in [-0.25, -0.2) is 4.98 Å². The summed E-state index contributed by atoms with van der Waals surface area (Å²) in [7, 11) is 0. The molecular formula is C22H21N3OS2. The molecule has 6 heteroatoms. The summed E-state index contributed by atoms with van der Waals surface area (Å²) in [5, 5.41) is 14.0. The van der Waals surface area contributed by atoms with E-state index in [2.05, 4.69) is 51.7 Å². The molecule has 0 bridgehead atoms. The van der Waals surface area contributed by atoms with E-state index in [4.69, 9.17) is 0 Å². The second-order valence-corrected chi connectivity index (χ2v) is 9.34. The van der Waals surface area contributed by atoms with E-state index >= 15 is 0 Å². The fraction of sp³-hybridized carbons (Fsp3) is 0.273. The summed E-state index contributed by atoms with van der Waals surface area (Å²) in [6.45, 7) is 0.283. The number of hydrogen-bond donors (Lipinski definition) is 2. The van der Waals surface area contributed by atoms with Crippen molar-refractivity contribution in [2.75, 3.05) is 17.7 Å². The monoisotopic (exact) mass is 407 g/mol. The molecule has 2 N–H and O–H groups in total. The fourth-order valence-electron chi connectivity index (χ4n) is 3.58. The molecule has 0 unspecified atom stereocenters. The van der Waals surface area contributed by atoms with Crippen molar-refractivity contribution >= 4 is 55.6 Å². The van der Waals surface area contributed by atoms with E-state index in [0.29, 0.717) is 5.41 Å². The van der Waals surface area contributed by atoms with E-state index in [9.17, 15) is 5.11 Å². The Kier molecular flexibility index (Phi) is 4.70. The van der Waals surface area contributed by atoms with Gasteiger partial charge in [0, 0.05) is 40.2 Å². The maximum absolute atomic E-state index is 9.31. The molecule has 0 saturated heterocycles. The Labute approximate surface area is 172 Å². The van der Waals surface area contributed by atoms with Crippen LogP contribution < -0.4 is 5.32 Å². The van der Waals surface area contributed by atoms with Crippen LogP contribution in [0.15, 0.2) is 59.1 Å². The minimum atomic E-state index is 0.283. The zero-order chi connectivity index (χ0) is 19.0. The van der Waals surface area contributed by atoms with E-state index in [0.717, 1.165) is 40.0 Å². The fourth-order valence-corrected chi connectivity index (χ4v) is 5.60. The molecule has 1 fully saturated rings. The molecule has 0 atom stereocenters. The number of rotatable bonds is 7. The maximum atomic E-state index is 9.31. The third-order valence-corrected chi connectivity index (χ3v) is 7.68. The summed E-state index contributed by atoms with van der Waals surface area (Å²) >= 11 is 3.52. The number of fused-ring (bicyclic) bond motifs is 2. The van der Waals surface area contributed by atoms with Gasteiger partial charge in [-0.1, -0.05) is 12.1 Å². The molecule has 28 heavy (non-hydrogen) atoms. The van der Waals surface area contributed by atoms with Gasteiger partial charge >= 0.3 is 0 Å². The van der Waals surface area contributed by atoms with Crippen molar-refractivity contribution in [2.45, 2.75) is 24.2 Å². The molecule has 4 nitrogen and oxygen atoms in total. The van der Waals surface area contributed by atoms with Gasteiger partial charge in [-0.3, -0.25) is 4.98 Å². The molecule has 0 radical (unpaired) electrons. The van der Waals surface area contributed by atoms with Gasteiger partial charge in [0.15, 0.2) is 0 Å². The number of aliphatic hydroxyl groups is 1. The van der Waals surface area contributed by atoms with Crippen LogP contribution in [0.1, 0.15) is 19.3 Å². The van der Waals surface area contributed by atoms with E-state index < -0.39 is 0 Å². The highest BCUT2D eigenvalue weighted by molar-refractivity contribution is 7.99. The number of thiazole rings is 1. The van der Waals surface area contributed by atoms with Crippen LogP contribution in [0, 0.1) is 5.41 Å². The molecule has 5 rings (SSSR count). The van der Waals surface area contributed by atoms with Crippen LogP contribution in [0.2, 0.25) is 0 Å². The van der Waals surface area contributed by atoms with Crippen molar-refractivity contribution in [1.82, 2.24) is 9.97 Å². The quantitative estimate of drug-likeness (QED) is 0.377. The van der Waals surface area contributed by atoms with Crippen molar-refractivity contribution in [2.24, 2.45) is 5.41 Å². The van der Waals surface area contributed by atoms with Crippen LogP contribution in [-0.2, 0) is 0 Å². The summed E-state index contributed by atoms with van der Waals surface area (Å²) < 4.78 is 1.20. The molecule has 0 amide bonds. The maximum Gasteiger partial charge on any atom is 0.0858 e. The van der Waals surface area contributed by atoms with Gasteiger partial charge in [0.1, 0.15) is 0 Å². The lowest BCUT2D eigenvalue weighted by molar-refractivity contribution is 0.257. The molecule has 2 aromatic heterocycles. The lowest BCUT2D eigenvalue weighted by Crippen LogP contribution is -2.06. The van der Waals surface area contributed by atoms with Crippen molar-refractivity contribution in [3.63, 3.8) is 0 Å². The average molecular weight is 408 g/mol. The van der Waals surface area contributed by atoms with Gasteiger partial charge in [-0.05, 0) is 55.0 Å². The number of pyridine rings is 1. The minimum Gasteiger partial charge on any atom is -0.396 e. The van der Waals surface area contributed by atoms with E-state index in [1.807, 2.05) is 29.5 Å². The number of hydrogen-bond acceptors (Lipinski definition) is 6. The number of thioether (sulfide) groups is 1. The molecule has 0 spiro atoms. The minimum absolute atomic E-state index is 0.283. The molecule has 2 heterocycles. The van der Waals surface area contributed by atoms with Gasteiger partial charge in [0.2, 0.25) is 0 Å². The highest BCUT2D eigenvalue weighted by Crippen LogP contribution is 2.52. The largest absolute Gasteiger partial charge is 0.396 e. The zero-order valence-electron chi connectivity index (χ0n) is 15.4. The average Bonchev–Trinajstić information content (AvgIpc) is 3.32. The molecule has 142 valence electrons. The Balaban J connectivity index is 1.43. The first-order valence-corrected chi connectivity index (χ1v) is 11.3. The van der Waals surface area contributed by atoms with Crippen LogP contribution in [0.5, 0.6) is 0 Å². The third kappa shape index (κ3) is 3.48. The van der Waals surface area contributed by atoms with Crippen molar-refractivity contribution < 1.29 is 5.11 Å². The second-order valence-electron chi connectivity index (χ2n) is 7.43. The van der Waals surface area contributed by atoms with Crippen LogP contribution in [0.25, 0.3) is 21.1 Å². The second kappa shape index (κ2) is 7.35. The number of para-hydroxylation sites is 1. The van der Waals surface area contributed by atoms with Crippen molar-refractivity contribution in [1.29, 1.82) is 0 Å². The van der Waals surface area contributed by atoms with Crippen molar-refractivity contribution in [3.05, 3.63) is 54.2 Å². The topological polar surface area (TPSA) is 58.0 Å². The first kappa shape index (κ1) is 17.9. The Morgan fingerprint density at radius 1 is 1.14 bits per heavy atom. The lowest BCUT2D eigenvalue weighted by Gasteiger charge is -2.15. The van der Waals surface area contributed by atoms with Crippen LogP contribution in [-0.4, -0.2) is 27.4 Å². The molecule has 4 aromatic rings. The van der Waals surface area contributed by atoms with Gasteiger partial charge in [-0.2, -0.15) is 0 Å². The van der Waals surface area contributed by atoms with E-state index in [-0.39, 0.29) is 6.61 Å². The summed E-state index contributed by atoms with van der Waals surface area (Å²) in [6.07, 6.45) is 5.23. The lowest BCUT2D eigenvalue weighted by atomic mass is 10.1. The molecule has 2 aromatic carbocycles. The Hall–Kier alpha value is -2.15. The van der Waals surface area contributed by atoms with Gasteiger partial charge < -0.3 is 10.4 Å². The van der Waals surface area contributed by atoms with E-state index in [1.54, 1.807) is 11.3 Å². The number of aliphatic hydroxyl groups excluding tert-OH is 1. The Morgan fingerprint density at radius 3 is 2.93 bits per heavy atom. The van der Waals surface area contributed by atoms with Gasteiger partial charge in [0.25, 0.3) is 0 Å². The standard InChI is InChI=1S/C22H21N3OS2/c26-11-9-22(7-8-22)13-27-20-3-1-2-16-17(6-10-23-21(16)20)25-15-4-5-19-18(12-15)24-14-28-19/h1-6,10,12,14,26H,7-9,11,13H2,(H,23,25). The highest BCUT2D eigenvalue weighted by atomic mass is 32.2. The number of nitrogens with one attached hydrogen (secondary N) is 1. The van der Waals surface area contributed by atoms with Crippen LogP contribution in [0.3, 0.4) is 0 Å². The molecular weight excluding hydrogens is 386 g/mol. The van der Waals surface area contributed by atoms with Crippen LogP contribution >= 0.6 is 23.1 Å². The SMILES string of the molecule is OCCC1(CSc2cccc3c(Nc4ccc5scnc5c4)ccnc23)CC1. The summed E-state index contributed by atoms with van der Waals surface area (Å²) in [5.41, 5.74) is 6.35. The molecule has 0 aliphatic heterocycles.